The Labute approximate surface area is 122 Å². The third-order valence-electron chi connectivity index (χ3n) is 2.61. The highest BCUT2D eigenvalue weighted by atomic mass is 35.5. The normalized spacial score (nSPS) is 12.3. The molecule has 1 rings (SSSR count). The van der Waals surface area contributed by atoms with E-state index in [9.17, 15) is 9.90 Å². The molecule has 0 fully saturated rings. The Morgan fingerprint density at radius 3 is 2.68 bits per heavy atom. The van der Waals surface area contributed by atoms with Crippen molar-refractivity contribution < 1.29 is 14.6 Å². The number of likely N-dealkylation sites (N-methyl/N-ethyl adjacent to an activating group) is 1. The number of carbonyl (C=O) groups excluding carboxylic acids is 1. The topological polar surface area (TPSA) is 49.8 Å². The van der Waals surface area contributed by atoms with Gasteiger partial charge in [0.1, 0.15) is 0 Å². The van der Waals surface area contributed by atoms with Crippen molar-refractivity contribution >= 4 is 29.1 Å². The molecule has 0 radical (unpaired) electrons. The summed E-state index contributed by atoms with van der Waals surface area (Å²) in [4.78, 5) is 13.4. The first-order valence-electron chi connectivity index (χ1n) is 5.79. The number of methoxy groups -OCH3 is 1. The van der Waals surface area contributed by atoms with Crippen LogP contribution in [0, 0.1) is 0 Å². The summed E-state index contributed by atoms with van der Waals surface area (Å²) >= 11 is 11.7. The highest BCUT2D eigenvalue weighted by Gasteiger charge is 2.14. The molecule has 0 spiro atoms. The van der Waals surface area contributed by atoms with Gasteiger partial charge in [-0.3, -0.25) is 4.79 Å². The standard InChI is InChI=1S/C13H17Cl2NO3/c1-16(7-10(17)8-19-2)13(18)6-9-3-4-11(14)12(15)5-9/h3-5,10,17H,6-8H2,1-2H3. The van der Waals surface area contributed by atoms with Crippen LogP contribution in [-0.4, -0.2) is 49.3 Å². The SMILES string of the molecule is COCC(O)CN(C)C(=O)Cc1ccc(Cl)c(Cl)c1. The Hall–Kier alpha value is -0.810. The molecule has 1 unspecified atom stereocenters. The van der Waals surface area contributed by atoms with E-state index in [0.717, 1.165) is 5.56 Å². The molecule has 19 heavy (non-hydrogen) atoms. The fourth-order valence-corrected chi connectivity index (χ4v) is 1.94. The zero-order valence-electron chi connectivity index (χ0n) is 10.9. The summed E-state index contributed by atoms with van der Waals surface area (Å²) in [7, 11) is 3.14. The predicted molar refractivity (Wildman–Crippen MR) is 75.7 cm³/mol. The number of nitrogens with zero attached hydrogens (tertiary/aromatic N) is 1. The fourth-order valence-electron chi connectivity index (χ4n) is 1.62. The molecule has 0 saturated heterocycles. The van der Waals surface area contributed by atoms with Gasteiger partial charge >= 0.3 is 0 Å². The number of ether oxygens (including phenoxy) is 1. The molecular weight excluding hydrogens is 289 g/mol. The van der Waals surface area contributed by atoms with E-state index in [1.165, 1.54) is 12.0 Å². The molecule has 0 saturated carbocycles. The number of carbonyl (C=O) groups is 1. The average molecular weight is 306 g/mol. The Kier molecular flexibility index (Phi) is 6.58. The van der Waals surface area contributed by atoms with E-state index in [4.69, 9.17) is 27.9 Å². The van der Waals surface area contributed by atoms with E-state index in [1.54, 1.807) is 25.2 Å². The maximum Gasteiger partial charge on any atom is 0.226 e. The minimum atomic E-state index is -0.687. The van der Waals surface area contributed by atoms with E-state index in [-0.39, 0.29) is 25.5 Å². The van der Waals surface area contributed by atoms with Crippen LogP contribution < -0.4 is 0 Å². The highest BCUT2D eigenvalue weighted by molar-refractivity contribution is 6.42. The zero-order valence-corrected chi connectivity index (χ0v) is 12.4. The van der Waals surface area contributed by atoms with Crippen LogP contribution in [0.5, 0.6) is 0 Å². The number of hydrogen-bond donors (Lipinski definition) is 1. The summed E-state index contributed by atoms with van der Waals surface area (Å²) < 4.78 is 4.81. The summed E-state index contributed by atoms with van der Waals surface area (Å²) in [5.74, 6) is -0.103. The van der Waals surface area contributed by atoms with Gasteiger partial charge in [-0.1, -0.05) is 29.3 Å². The number of rotatable bonds is 6. The molecule has 1 aromatic carbocycles. The average Bonchev–Trinajstić information content (AvgIpc) is 2.34. The summed E-state index contributed by atoms with van der Waals surface area (Å²) in [6.45, 7) is 0.429. The number of aliphatic hydroxyl groups is 1. The van der Waals surface area contributed by atoms with Crippen molar-refractivity contribution in [1.29, 1.82) is 0 Å². The van der Waals surface area contributed by atoms with Crippen LogP contribution in [0.1, 0.15) is 5.56 Å². The summed E-state index contributed by atoms with van der Waals surface area (Å²) in [5.41, 5.74) is 0.785. The van der Waals surface area contributed by atoms with Crippen molar-refractivity contribution in [2.45, 2.75) is 12.5 Å². The van der Waals surface area contributed by atoms with Crippen LogP contribution >= 0.6 is 23.2 Å². The maximum atomic E-state index is 11.9. The van der Waals surface area contributed by atoms with E-state index in [1.807, 2.05) is 0 Å². The maximum absolute atomic E-state index is 11.9. The van der Waals surface area contributed by atoms with Gasteiger partial charge in [-0.25, -0.2) is 0 Å². The molecule has 0 aliphatic carbocycles. The number of benzene rings is 1. The molecule has 1 atom stereocenters. The third kappa shape index (κ3) is 5.37. The van der Waals surface area contributed by atoms with Crippen molar-refractivity contribution in [3.8, 4) is 0 Å². The first-order valence-corrected chi connectivity index (χ1v) is 6.54. The monoisotopic (exact) mass is 305 g/mol. The van der Waals surface area contributed by atoms with Crippen LogP contribution in [0.15, 0.2) is 18.2 Å². The number of aliphatic hydroxyl groups excluding tert-OH is 1. The van der Waals surface area contributed by atoms with Crippen LogP contribution in [-0.2, 0) is 16.0 Å². The molecule has 1 aromatic rings. The van der Waals surface area contributed by atoms with Gasteiger partial charge in [0, 0.05) is 20.7 Å². The molecule has 4 nitrogen and oxygen atoms in total. The van der Waals surface area contributed by atoms with Crippen molar-refractivity contribution in [2.75, 3.05) is 27.3 Å². The van der Waals surface area contributed by atoms with Crippen molar-refractivity contribution in [3.05, 3.63) is 33.8 Å². The van der Waals surface area contributed by atoms with Gasteiger partial charge in [0.15, 0.2) is 0 Å². The second kappa shape index (κ2) is 7.70. The Morgan fingerprint density at radius 1 is 1.42 bits per heavy atom. The summed E-state index contributed by atoms with van der Waals surface area (Å²) in [5, 5.41) is 10.4. The molecule has 1 amide bonds. The van der Waals surface area contributed by atoms with E-state index in [2.05, 4.69) is 0 Å². The zero-order chi connectivity index (χ0) is 14.4. The summed E-state index contributed by atoms with van der Waals surface area (Å²) in [6, 6.07) is 5.08. The molecule has 1 N–H and O–H groups in total. The van der Waals surface area contributed by atoms with Gasteiger partial charge in [-0.15, -0.1) is 0 Å². The van der Waals surface area contributed by atoms with Crippen LogP contribution in [0.2, 0.25) is 10.0 Å². The first-order chi connectivity index (χ1) is 8.93. The molecule has 0 aliphatic heterocycles. The molecular formula is C13H17Cl2NO3. The minimum absolute atomic E-state index is 0.103. The third-order valence-corrected chi connectivity index (χ3v) is 3.35. The number of amides is 1. The lowest BCUT2D eigenvalue weighted by molar-refractivity contribution is -0.130. The molecule has 106 valence electrons. The van der Waals surface area contributed by atoms with Crippen LogP contribution in [0.4, 0.5) is 0 Å². The molecule has 0 aliphatic rings. The van der Waals surface area contributed by atoms with Gasteiger partial charge in [0.2, 0.25) is 5.91 Å². The smallest absolute Gasteiger partial charge is 0.226 e. The second-order valence-electron chi connectivity index (χ2n) is 4.31. The quantitative estimate of drug-likeness (QED) is 0.874. The van der Waals surface area contributed by atoms with Crippen LogP contribution in [0.25, 0.3) is 0 Å². The van der Waals surface area contributed by atoms with Gasteiger partial charge in [0.25, 0.3) is 0 Å². The van der Waals surface area contributed by atoms with E-state index in [0.29, 0.717) is 10.0 Å². The van der Waals surface area contributed by atoms with Crippen LogP contribution in [0.3, 0.4) is 0 Å². The lowest BCUT2D eigenvalue weighted by Gasteiger charge is -2.20. The second-order valence-corrected chi connectivity index (χ2v) is 5.12. The predicted octanol–water partition coefficient (Wildman–Crippen LogP) is 2.00. The van der Waals surface area contributed by atoms with Crippen molar-refractivity contribution in [3.63, 3.8) is 0 Å². The van der Waals surface area contributed by atoms with Crippen molar-refractivity contribution in [1.82, 2.24) is 4.90 Å². The van der Waals surface area contributed by atoms with Gasteiger partial charge in [-0.05, 0) is 17.7 Å². The first kappa shape index (κ1) is 16.2. The van der Waals surface area contributed by atoms with E-state index < -0.39 is 6.10 Å². The van der Waals surface area contributed by atoms with E-state index >= 15 is 0 Å². The number of halogens is 2. The lowest BCUT2D eigenvalue weighted by Crippen LogP contribution is -2.37. The van der Waals surface area contributed by atoms with Gasteiger partial charge < -0.3 is 14.7 Å². The molecule has 0 heterocycles. The largest absolute Gasteiger partial charge is 0.389 e. The minimum Gasteiger partial charge on any atom is -0.389 e. The molecule has 6 heteroatoms. The summed E-state index contributed by atoms with van der Waals surface area (Å²) in [6.07, 6.45) is -0.472. The Morgan fingerprint density at radius 2 is 2.11 bits per heavy atom. The lowest BCUT2D eigenvalue weighted by atomic mass is 10.1. The van der Waals surface area contributed by atoms with Gasteiger partial charge in [-0.2, -0.15) is 0 Å². The molecule has 0 aromatic heterocycles. The Bertz CT molecular complexity index is 440. The molecule has 0 bridgehead atoms. The number of hydrogen-bond acceptors (Lipinski definition) is 3. The van der Waals surface area contributed by atoms with Crippen molar-refractivity contribution in [2.24, 2.45) is 0 Å². The van der Waals surface area contributed by atoms with Gasteiger partial charge in [0.05, 0.1) is 29.2 Å². The highest BCUT2D eigenvalue weighted by Crippen LogP contribution is 2.22. The Balaban J connectivity index is 2.56. The fraction of sp³-hybridized carbons (Fsp3) is 0.462.